The van der Waals surface area contributed by atoms with Crippen LogP contribution < -0.4 is 10.2 Å². The molecule has 0 fully saturated rings. The number of hydrogen-bond acceptors (Lipinski definition) is 4. The minimum Gasteiger partial charge on any atom is -0.351 e. The third kappa shape index (κ3) is 3.80. The van der Waals surface area contributed by atoms with Crippen molar-refractivity contribution in [2.75, 3.05) is 25.5 Å². The summed E-state index contributed by atoms with van der Waals surface area (Å²) in [6, 6.07) is 0. The molecule has 1 N–H and O–H groups in total. The van der Waals surface area contributed by atoms with Crippen LogP contribution in [0.1, 0.15) is 26.0 Å². The Kier molecular flexibility index (Phi) is 5.05. The fourth-order valence-electron chi connectivity index (χ4n) is 1.41. The lowest BCUT2D eigenvalue weighted by molar-refractivity contribution is 0.559. The van der Waals surface area contributed by atoms with Crippen molar-refractivity contribution < 1.29 is 0 Å². The van der Waals surface area contributed by atoms with Crippen molar-refractivity contribution in [2.45, 2.75) is 26.8 Å². The number of thiazole rings is 1. The number of anilines is 1. The molecule has 1 rings (SSSR count). The Balaban J connectivity index is 2.53. The quantitative estimate of drug-likeness (QED) is 0.808. The molecule has 0 saturated carbocycles. The first kappa shape index (κ1) is 12.5. The molecule has 86 valence electrons. The molecule has 0 bridgehead atoms. The van der Waals surface area contributed by atoms with Crippen LogP contribution in [0.5, 0.6) is 0 Å². The second-order valence-electron chi connectivity index (χ2n) is 4.05. The van der Waals surface area contributed by atoms with Gasteiger partial charge in [-0.1, -0.05) is 20.3 Å². The summed E-state index contributed by atoms with van der Waals surface area (Å²) < 4.78 is 0. The summed E-state index contributed by atoms with van der Waals surface area (Å²) in [6.45, 7) is 6.45. The van der Waals surface area contributed by atoms with E-state index < -0.39 is 0 Å². The van der Waals surface area contributed by atoms with E-state index in [-0.39, 0.29) is 0 Å². The number of rotatable bonds is 6. The predicted octanol–water partition coefficient (Wildman–Crippen LogP) is 2.34. The van der Waals surface area contributed by atoms with E-state index in [0.29, 0.717) is 0 Å². The number of hydrogen-bond donors (Lipinski definition) is 1. The van der Waals surface area contributed by atoms with Gasteiger partial charge in [-0.15, -0.1) is 11.3 Å². The third-order valence-corrected chi connectivity index (χ3v) is 3.51. The molecular weight excluding hydrogens is 206 g/mol. The van der Waals surface area contributed by atoms with Gasteiger partial charge in [-0.25, -0.2) is 4.98 Å². The number of nitrogens with one attached hydrogen (secondary N) is 1. The van der Waals surface area contributed by atoms with Gasteiger partial charge in [0.25, 0.3) is 0 Å². The minimum atomic E-state index is 0.728. The SMILES string of the molecule is CCC(C)CN(C)c1nc(CNC)cs1. The van der Waals surface area contributed by atoms with E-state index in [0.717, 1.165) is 29.8 Å². The van der Waals surface area contributed by atoms with Crippen molar-refractivity contribution in [3.63, 3.8) is 0 Å². The Bertz CT molecular complexity index is 285. The van der Waals surface area contributed by atoms with E-state index >= 15 is 0 Å². The van der Waals surface area contributed by atoms with E-state index in [1.807, 2.05) is 7.05 Å². The lowest BCUT2D eigenvalue weighted by Crippen LogP contribution is -2.23. The molecule has 1 aromatic rings. The highest BCUT2D eigenvalue weighted by Gasteiger charge is 2.09. The normalized spacial score (nSPS) is 12.8. The summed E-state index contributed by atoms with van der Waals surface area (Å²) in [5.41, 5.74) is 1.13. The van der Waals surface area contributed by atoms with Crippen LogP contribution in [0, 0.1) is 5.92 Å². The maximum atomic E-state index is 4.57. The van der Waals surface area contributed by atoms with Crippen molar-refractivity contribution in [1.29, 1.82) is 0 Å². The molecule has 0 radical (unpaired) electrons. The van der Waals surface area contributed by atoms with Gasteiger partial charge >= 0.3 is 0 Å². The molecule has 0 spiro atoms. The van der Waals surface area contributed by atoms with Crippen LogP contribution in [-0.2, 0) is 6.54 Å². The van der Waals surface area contributed by atoms with E-state index in [1.165, 1.54) is 6.42 Å². The molecule has 4 heteroatoms. The van der Waals surface area contributed by atoms with Gasteiger partial charge in [-0.05, 0) is 13.0 Å². The van der Waals surface area contributed by atoms with Crippen molar-refractivity contribution in [1.82, 2.24) is 10.3 Å². The molecular formula is C11H21N3S. The van der Waals surface area contributed by atoms with Crippen LogP contribution in [-0.4, -0.2) is 25.6 Å². The van der Waals surface area contributed by atoms with Gasteiger partial charge in [0.1, 0.15) is 0 Å². The average molecular weight is 227 g/mol. The molecule has 1 heterocycles. The van der Waals surface area contributed by atoms with Gasteiger partial charge in [-0.2, -0.15) is 0 Å². The zero-order valence-corrected chi connectivity index (χ0v) is 10.9. The van der Waals surface area contributed by atoms with Gasteiger partial charge in [0, 0.05) is 25.5 Å². The fourth-order valence-corrected chi connectivity index (χ4v) is 2.21. The van der Waals surface area contributed by atoms with E-state index in [2.05, 4.69) is 41.5 Å². The lowest BCUT2D eigenvalue weighted by atomic mass is 10.1. The van der Waals surface area contributed by atoms with Crippen molar-refractivity contribution >= 4 is 16.5 Å². The zero-order valence-electron chi connectivity index (χ0n) is 10.1. The molecule has 0 aliphatic carbocycles. The molecule has 1 unspecified atom stereocenters. The monoisotopic (exact) mass is 227 g/mol. The number of nitrogens with zero attached hydrogens (tertiary/aromatic N) is 2. The highest BCUT2D eigenvalue weighted by atomic mass is 32.1. The predicted molar refractivity (Wildman–Crippen MR) is 67.6 cm³/mol. The summed E-state index contributed by atoms with van der Waals surface area (Å²) in [4.78, 5) is 6.82. The lowest BCUT2D eigenvalue weighted by Gasteiger charge is -2.19. The van der Waals surface area contributed by atoms with Crippen molar-refractivity contribution in [3.8, 4) is 0 Å². The summed E-state index contributed by atoms with van der Waals surface area (Å²) in [5.74, 6) is 0.728. The topological polar surface area (TPSA) is 28.2 Å². The minimum absolute atomic E-state index is 0.728. The summed E-state index contributed by atoms with van der Waals surface area (Å²) in [5, 5.41) is 6.36. The van der Waals surface area contributed by atoms with Crippen LogP contribution in [0.25, 0.3) is 0 Å². The second kappa shape index (κ2) is 6.08. The first-order valence-corrected chi connectivity index (χ1v) is 6.35. The summed E-state index contributed by atoms with van der Waals surface area (Å²) >= 11 is 1.72. The maximum absolute atomic E-state index is 4.57. The van der Waals surface area contributed by atoms with Crippen LogP contribution in [0.2, 0.25) is 0 Å². The average Bonchev–Trinajstić information content (AvgIpc) is 2.67. The highest BCUT2D eigenvalue weighted by Crippen LogP contribution is 2.20. The molecule has 1 atom stereocenters. The molecule has 0 amide bonds. The zero-order chi connectivity index (χ0) is 11.3. The van der Waals surface area contributed by atoms with E-state index in [4.69, 9.17) is 0 Å². The molecule has 15 heavy (non-hydrogen) atoms. The van der Waals surface area contributed by atoms with Crippen LogP contribution in [0.4, 0.5) is 5.13 Å². The van der Waals surface area contributed by atoms with Gasteiger partial charge in [0.05, 0.1) is 5.69 Å². The van der Waals surface area contributed by atoms with Gasteiger partial charge < -0.3 is 10.2 Å². The van der Waals surface area contributed by atoms with Crippen molar-refractivity contribution in [2.24, 2.45) is 5.92 Å². The van der Waals surface area contributed by atoms with E-state index in [9.17, 15) is 0 Å². The molecule has 0 aliphatic heterocycles. The second-order valence-corrected chi connectivity index (χ2v) is 4.88. The molecule has 0 aliphatic rings. The summed E-state index contributed by atoms with van der Waals surface area (Å²) in [6.07, 6.45) is 1.22. The largest absolute Gasteiger partial charge is 0.351 e. The highest BCUT2D eigenvalue weighted by molar-refractivity contribution is 7.13. The Hall–Kier alpha value is -0.610. The Labute approximate surface area is 96.5 Å². The summed E-state index contributed by atoms with van der Waals surface area (Å²) in [7, 11) is 4.07. The third-order valence-electron chi connectivity index (χ3n) is 2.51. The smallest absolute Gasteiger partial charge is 0.185 e. The van der Waals surface area contributed by atoms with Gasteiger partial charge in [-0.3, -0.25) is 0 Å². The standard InChI is InChI=1S/C11H21N3S/c1-5-9(2)7-14(4)11-13-10(6-12-3)8-15-11/h8-9,12H,5-7H2,1-4H3. The fraction of sp³-hybridized carbons (Fsp3) is 0.727. The van der Waals surface area contributed by atoms with Crippen LogP contribution in [0.3, 0.4) is 0 Å². The molecule has 0 aromatic carbocycles. The maximum Gasteiger partial charge on any atom is 0.185 e. The molecule has 0 saturated heterocycles. The van der Waals surface area contributed by atoms with E-state index in [1.54, 1.807) is 11.3 Å². The van der Waals surface area contributed by atoms with Crippen molar-refractivity contribution in [3.05, 3.63) is 11.1 Å². The van der Waals surface area contributed by atoms with Gasteiger partial charge in [0.15, 0.2) is 5.13 Å². The molecule has 3 nitrogen and oxygen atoms in total. The van der Waals surface area contributed by atoms with Crippen LogP contribution in [0.15, 0.2) is 5.38 Å². The Morgan fingerprint density at radius 3 is 2.93 bits per heavy atom. The first-order valence-electron chi connectivity index (χ1n) is 5.47. The Morgan fingerprint density at radius 1 is 1.60 bits per heavy atom. The Morgan fingerprint density at radius 2 is 2.33 bits per heavy atom. The number of aromatic nitrogens is 1. The molecule has 1 aromatic heterocycles. The van der Waals surface area contributed by atoms with Crippen LogP contribution >= 0.6 is 11.3 Å². The first-order chi connectivity index (χ1) is 7.17. The van der Waals surface area contributed by atoms with Gasteiger partial charge in [0.2, 0.25) is 0 Å².